The minimum Gasteiger partial charge on any atom is -0.207 e. The Hall–Kier alpha value is -1.41. The molecule has 5 heteroatoms. The fourth-order valence-electron chi connectivity index (χ4n) is 4.58. The van der Waals surface area contributed by atoms with Crippen LogP contribution in [0.2, 0.25) is 0 Å². The van der Waals surface area contributed by atoms with E-state index in [-0.39, 0.29) is 0 Å². The van der Waals surface area contributed by atoms with E-state index in [1.165, 1.54) is 43.5 Å². The molecule has 0 aliphatic heterocycles. The average molecular weight is 366 g/mol. The number of hydrogen-bond donors (Lipinski definition) is 0. The summed E-state index contributed by atoms with van der Waals surface area (Å²) >= 11 is 0. The van der Waals surface area contributed by atoms with Gasteiger partial charge in [-0.05, 0) is 86.0 Å². The quantitative estimate of drug-likeness (QED) is 0.521. The molecule has 0 aromatic heterocycles. The Labute approximate surface area is 146 Å². The summed E-state index contributed by atoms with van der Waals surface area (Å²) in [5, 5.41) is 1.03. The Morgan fingerprint density at radius 3 is 1.64 bits per heavy atom. The SMILES string of the molecule is Fc1cc(F)cc(P(CC2CC3CCC2C3)c2cc(F)cc(F)c2)c1. The van der Waals surface area contributed by atoms with E-state index in [1.54, 1.807) is 0 Å². The lowest BCUT2D eigenvalue weighted by Crippen LogP contribution is -2.23. The minimum absolute atomic E-state index is 0.475. The van der Waals surface area contributed by atoms with Crippen LogP contribution in [0, 0.1) is 41.0 Å². The highest BCUT2D eigenvalue weighted by Crippen LogP contribution is 2.52. The lowest BCUT2D eigenvalue weighted by Gasteiger charge is -2.28. The zero-order valence-corrected chi connectivity index (χ0v) is 14.6. The fourth-order valence-corrected chi connectivity index (χ4v) is 7.34. The number of halogens is 4. The van der Waals surface area contributed by atoms with Crippen molar-refractivity contribution in [3.63, 3.8) is 0 Å². The van der Waals surface area contributed by atoms with Gasteiger partial charge in [0, 0.05) is 12.1 Å². The second-order valence-electron chi connectivity index (χ2n) is 7.30. The van der Waals surface area contributed by atoms with Gasteiger partial charge >= 0.3 is 0 Å². The molecule has 0 nitrogen and oxygen atoms in total. The Morgan fingerprint density at radius 2 is 1.24 bits per heavy atom. The number of rotatable bonds is 4. The Bertz CT molecular complexity index is 699. The monoisotopic (exact) mass is 366 g/mol. The standard InChI is InChI=1S/C20H19F4P/c21-15-5-16(22)8-19(7-15)25(20-9-17(23)6-18(24)10-20)11-14-4-12-1-2-13(14)3-12/h5-10,12-14H,1-4,11H2. The molecular weight excluding hydrogens is 347 g/mol. The van der Waals surface area contributed by atoms with Crippen molar-refractivity contribution in [2.45, 2.75) is 25.7 Å². The summed E-state index contributed by atoms with van der Waals surface area (Å²) in [6.07, 6.45) is 5.56. The van der Waals surface area contributed by atoms with Gasteiger partial charge in [-0.3, -0.25) is 0 Å². The smallest absolute Gasteiger partial charge is 0.126 e. The van der Waals surface area contributed by atoms with Crippen LogP contribution in [0.25, 0.3) is 0 Å². The molecule has 0 spiro atoms. The highest BCUT2D eigenvalue weighted by atomic mass is 31.1. The van der Waals surface area contributed by atoms with Gasteiger partial charge in [0.05, 0.1) is 0 Å². The predicted octanol–water partition coefficient (Wildman–Crippen LogP) is 5.11. The molecule has 0 heterocycles. The maximum Gasteiger partial charge on any atom is 0.126 e. The van der Waals surface area contributed by atoms with Gasteiger partial charge in [0.25, 0.3) is 0 Å². The first-order valence-corrected chi connectivity index (χ1v) is 10.2. The van der Waals surface area contributed by atoms with Gasteiger partial charge in [-0.1, -0.05) is 6.42 Å². The normalized spacial score (nSPS) is 25.1. The first-order valence-electron chi connectivity index (χ1n) is 8.67. The van der Waals surface area contributed by atoms with Crippen LogP contribution < -0.4 is 10.6 Å². The fraction of sp³-hybridized carbons (Fsp3) is 0.400. The van der Waals surface area contributed by atoms with Gasteiger partial charge in [-0.25, -0.2) is 17.6 Å². The third kappa shape index (κ3) is 3.60. The van der Waals surface area contributed by atoms with Crippen molar-refractivity contribution >= 4 is 18.5 Å². The summed E-state index contributed by atoms with van der Waals surface area (Å²) in [5.74, 6) is -0.714. The van der Waals surface area contributed by atoms with Crippen LogP contribution in [-0.4, -0.2) is 6.16 Å². The molecule has 2 aliphatic rings. The van der Waals surface area contributed by atoms with Gasteiger partial charge in [0.2, 0.25) is 0 Å². The van der Waals surface area contributed by atoms with E-state index < -0.39 is 31.2 Å². The molecule has 2 bridgehead atoms. The average Bonchev–Trinajstić information content (AvgIpc) is 3.13. The maximum absolute atomic E-state index is 13.7. The van der Waals surface area contributed by atoms with Gasteiger partial charge in [-0.15, -0.1) is 0 Å². The van der Waals surface area contributed by atoms with Crippen LogP contribution in [0.15, 0.2) is 36.4 Å². The maximum atomic E-state index is 13.7. The van der Waals surface area contributed by atoms with Crippen LogP contribution in [0.4, 0.5) is 17.6 Å². The van der Waals surface area contributed by atoms with Crippen molar-refractivity contribution in [2.75, 3.05) is 6.16 Å². The van der Waals surface area contributed by atoms with Crippen molar-refractivity contribution in [3.05, 3.63) is 59.7 Å². The summed E-state index contributed by atoms with van der Waals surface area (Å²) in [4.78, 5) is 0. The Kier molecular flexibility index (Phi) is 4.58. The van der Waals surface area contributed by atoms with Crippen molar-refractivity contribution < 1.29 is 17.6 Å². The molecule has 0 saturated heterocycles. The highest BCUT2D eigenvalue weighted by molar-refractivity contribution is 7.73. The van der Waals surface area contributed by atoms with Crippen LogP contribution in [0.5, 0.6) is 0 Å². The molecule has 0 N–H and O–H groups in total. The topological polar surface area (TPSA) is 0 Å². The first-order chi connectivity index (χ1) is 12.0. The second kappa shape index (κ2) is 6.72. The molecule has 0 amide bonds. The van der Waals surface area contributed by atoms with Crippen molar-refractivity contribution in [3.8, 4) is 0 Å². The summed E-state index contributed by atoms with van der Waals surface area (Å²) in [6, 6.07) is 6.91. The lowest BCUT2D eigenvalue weighted by molar-refractivity contribution is 0.364. The Morgan fingerprint density at radius 1 is 0.720 bits per heavy atom. The minimum atomic E-state index is -1.20. The van der Waals surface area contributed by atoms with Gasteiger partial charge < -0.3 is 0 Å². The largest absolute Gasteiger partial charge is 0.207 e. The summed E-state index contributed by atoms with van der Waals surface area (Å²) in [7, 11) is -1.20. The van der Waals surface area contributed by atoms with E-state index in [9.17, 15) is 17.6 Å². The zero-order chi connectivity index (χ0) is 17.6. The Balaban J connectivity index is 1.71. The van der Waals surface area contributed by atoms with E-state index in [4.69, 9.17) is 0 Å². The second-order valence-corrected chi connectivity index (χ2v) is 9.55. The number of fused-ring (bicyclic) bond motifs is 2. The number of hydrogen-bond acceptors (Lipinski definition) is 0. The molecule has 25 heavy (non-hydrogen) atoms. The van der Waals surface area contributed by atoms with Gasteiger partial charge in [0.15, 0.2) is 0 Å². The van der Waals surface area contributed by atoms with Gasteiger partial charge in [0.1, 0.15) is 23.3 Å². The summed E-state index contributed by atoms with van der Waals surface area (Å²) in [5.41, 5.74) is 0. The van der Waals surface area contributed by atoms with E-state index in [1.807, 2.05) is 0 Å². The van der Waals surface area contributed by atoms with Crippen LogP contribution in [-0.2, 0) is 0 Å². The zero-order valence-electron chi connectivity index (χ0n) is 13.7. The van der Waals surface area contributed by atoms with Crippen molar-refractivity contribution in [1.82, 2.24) is 0 Å². The van der Waals surface area contributed by atoms with Crippen molar-refractivity contribution in [1.29, 1.82) is 0 Å². The third-order valence-corrected chi connectivity index (χ3v) is 8.22. The van der Waals surface area contributed by atoms with Crippen molar-refractivity contribution in [2.24, 2.45) is 17.8 Å². The molecule has 2 aromatic rings. The predicted molar refractivity (Wildman–Crippen MR) is 92.7 cm³/mol. The molecule has 2 fully saturated rings. The molecular formula is C20H19F4P. The lowest BCUT2D eigenvalue weighted by atomic mass is 9.90. The first kappa shape index (κ1) is 17.0. The van der Waals surface area contributed by atoms with Gasteiger partial charge in [-0.2, -0.15) is 0 Å². The van der Waals surface area contributed by atoms with E-state index in [0.717, 1.165) is 30.6 Å². The van der Waals surface area contributed by atoms with E-state index in [2.05, 4.69) is 0 Å². The number of benzene rings is 2. The molecule has 132 valence electrons. The molecule has 3 unspecified atom stereocenters. The molecule has 0 radical (unpaired) electrons. The molecule has 4 rings (SSSR count). The third-order valence-electron chi connectivity index (χ3n) is 5.62. The highest BCUT2D eigenvalue weighted by Gasteiger charge is 2.40. The molecule has 2 aromatic carbocycles. The molecule has 2 aliphatic carbocycles. The molecule has 3 atom stereocenters. The van der Waals surface area contributed by atoms with E-state index in [0.29, 0.717) is 22.4 Å². The van der Waals surface area contributed by atoms with Crippen LogP contribution in [0.3, 0.4) is 0 Å². The van der Waals surface area contributed by atoms with E-state index >= 15 is 0 Å². The summed E-state index contributed by atoms with van der Waals surface area (Å²) in [6.45, 7) is 0. The summed E-state index contributed by atoms with van der Waals surface area (Å²) < 4.78 is 55.0. The van der Waals surface area contributed by atoms with Crippen LogP contribution >= 0.6 is 7.92 Å². The molecule has 2 saturated carbocycles. The van der Waals surface area contributed by atoms with Crippen LogP contribution in [0.1, 0.15) is 25.7 Å².